The Balaban J connectivity index is 1.84. The lowest BCUT2D eigenvalue weighted by Crippen LogP contribution is -2.39. The highest BCUT2D eigenvalue weighted by atomic mass is 32.1. The molecule has 0 N–H and O–H groups in total. The highest BCUT2D eigenvalue weighted by molar-refractivity contribution is 7.09. The lowest BCUT2D eigenvalue weighted by Gasteiger charge is -2.30. The Kier molecular flexibility index (Phi) is 6.61. The SMILES string of the molecule is CC(C)N(CCOc1nc2cscc2nc1C#Cc1cccc(F)c1)C(C)C. The first-order valence-electron chi connectivity index (χ1n) is 9.34. The maximum atomic E-state index is 13.4. The van der Waals surface area contributed by atoms with E-state index in [1.807, 2.05) is 10.8 Å². The first kappa shape index (κ1) is 20.2. The standard InChI is InChI=1S/C22H24FN3OS/c1-15(2)26(16(3)4)10-11-27-22-19(24-20-13-28-14-21(20)25-22)9-8-17-6-5-7-18(23)12-17/h5-7,12-16H,10-11H2,1-4H3. The molecular weight excluding hydrogens is 373 g/mol. The van der Waals surface area contributed by atoms with Gasteiger partial charge < -0.3 is 4.74 Å². The second kappa shape index (κ2) is 9.13. The molecule has 2 heterocycles. The third kappa shape index (κ3) is 5.06. The lowest BCUT2D eigenvalue weighted by atomic mass is 10.2. The average Bonchev–Trinajstić information content (AvgIpc) is 3.09. The van der Waals surface area contributed by atoms with Gasteiger partial charge in [-0.1, -0.05) is 12.0 Å². The lowest BCUT2D eigenvalue weighted by molar-refractivity contribution is 0.140. The number of hydrogen-bond donors (Lipinski definition) is 0. The summed E-state index contributed by atoms with van der Waals surface area (Å²) in [6.07, 6.45) is 0. The predicted molar refractivity (Wildman–Crippen MR) is 112 cm³/mol. The van der Waals surface area contributed by atoms with Crippen LogP contribution in [0.3, 0.4) is 0 Å². The molecule has 0 aliphatic carbocycles. The molecule has 1 aromatic carbocycles. The zero-order chi connectivity index (χ0) is 20.1. The van der Waals surface area contributed by atoms with Gasteiger partial charge >= 0.3 is 0 Å². The summed E-state index contributed by atoms with van der Waals surface area (Å²) in [5.41, 5.74) is 2.63. The van der Waals surface area contributed by atoms with Crippen molar-refractivity contribution in [2.45, 2.75) is 39.8 Å². The van der Waals surface area contributed by atoms with Gasteiger partial charge in [-0.25, -0.2) is 14.4 Å². The Morgan fingerprint density at radius 2 is 1.79 bits per heavy atom. The van der Waals surface area contributed by atoms with Crippen LogP contribution >= 0.6 is 11.3 Å². The van der Waals surface area contributed by atoms with E-state index in [0.717, 1.165) is 17.6 Å². The minimum absolute atomic E-state index is 0.315. The number of halogens is 1. The summed E-state index contributed by atoms with van der Waals surface area (Å²) in [5.74, 6) is 6.06. The van der Waals surface area contributed by atoms with Crippen molar-refractivity contribution in [2.24, 2.45) is 0 Å². The number of rotatable bonds is 6. The van der Waals surface area contributed by atoms with Crippen molar-refractivity contribution in [1.82, 2.24) is 14.9 Å². The van der Waals surface area contributed by atoms with Crippen LogP contribution in [0.4, 0.5) is 4.39 Å². The van der Waals surface area contributed by atoms with Crippen LogP contribution in [0, 0.1) is 17.7 Å². The molecule has 2 aromatic heterocycles. The zero-order valence-electron chi connectivity index (χ0n) is 16.6. The summed E-state index contributed by atoms with van der Waals surface area (Å²) >= 11 is 1.54. The van der Waals surface area contributed by atoms with E-state index >= 15 is 0 Å². The van der Waals surface area contributed by atoms with E-state index in [-0.39, 0.29) is 5.82 Å². The molecule has 6 heteroatoms. The summed E-state index contributed by atoms with van der Waals surface area (Å²) in [5, 5.41) is 3.87. The van der Waals surface area contributed by atoms with Crippen molar-refractivity contribution in [2.75, 3.05) is 13.2 Å². The van der Waals surface area contributed by atoms with Crippen LogP contribution < -0.4 is 4.74 Å². The van der Waals surface area contributed by atoms with Crippen LogP contribution in [0.1, 0.15) is 39.0 Å². The molecule has 3 rings (SSSR count). The number of fused-ring (bicyclic) bond motifs is 1. The van der Waals surface area contributed by atoms with Crippen LogP contribution in [0.5, 0.6) is 5.88 Å². The maximum absolute atomic E-state index is 13.4. The molecule has 0 radical (unpaired) electrons. The molecule has 28 heavy (non-hydrogen) atoms. The van der Waals surface area contributed by atoms with E-state index in [1.165, 1.54) is 23.5 Å². The molecule has 0 bridgehead atoms. The second-order valence-electron chi connectivity index (χ2n) is 7.05. The number of ether oxygens (including phenoxy) is 1. The van der Waals surface area contributed by atoms with Gasteiger partial charge in [0, 0.05) is 35.0 Å². The Bertz CT molecular complexity index is 996. The average molecular weight is 398 g/mol. The van der Waals surface area contributed by atoms with Crippen molar-refractivity contribution in [3.63, 3.8) is 0 Å². The van der Waals surface area contributed by atoms with Gasteiger partial charge in [-0.05, 0) is 51.8 Å². The minimum atomic E-state index is -0.315. The van der Waals surface area contributed by atoms with Crippen molar-refractivity contribution in [3.8, 4) is 17.7 Å². The maximum Gasteiger partial charge on any atom is 0.249 e. The molecule has 0 saturated heterocycles. The summed E-state index contributed by atoms with van der Waals surface area (Å²) in [6.45, 7) is 9.98. The number of thiophene rings is 1. The molecule has 0 saturated carbocycles. The number of nitrogens with zero attached hydrogens (tertiary/aromatic N) is 3. The number of benzene rings is 1. The zero-order valence-corrected chi connectivity index (χ0v) is 17.4. The molecule has 0 unspecified atom stereocenters. The van der Waals surface area contributed by atoms with Crippen LogP contribution in [-0.4, -0.2) is 40.1 Å². The van der Waals surface area contributed by atoms with Gasteiger partial charge in [-0.15, -0.1) is 11.3 Å². The van der Waals surface area contributed by atoms with Crippen LogP contribution in [0.25, 0.3) is 11.0 Å². The summed E-state index contributed by atoms with van der Waals surface area (Å²) in [4.78, 5) is 11.5. The second-order valence-corrected chi connectivity index (χ2v) is 7.80. The predicted octanol–water partition coefficient (Wildman–Crippen LogP) is 4.73. The van der Waals surface area contributed by atoms with Gasteiger partial charge in [-0.2, -0.15) is 0 Å². The van der Waals surface area contributed by atoms with E-state index in [9.17, 15) is 4.39 Å². The van der Waals surface area contributed by atoms with Gasteiger partial charge in [-0.3, -0.25) is 4.90 Å². The molecule has 0 spiro atoms. The van der Waals surface area contributed by atoms with Crippen molar-refractivity contribution in [1.29, 1.82) is 0 Å². The Hall–Kier alpha value is -2.49. The summed E-state index contributed by atoms with van der Waals surface area (Å²) in [6, 6.07) is 7.05. The normalized spacial score (nSPS) is 11.3. The first-order chi connectivity index (χ1) is 13.4. The highest BCUT2D eigenvalue weighted by Crippen LogP contribution is 2.21. The molecule has 0 aliphatic rings. The van der Waals surface area contributed by atoms with Crippen molar-refractivity contribution < 1.29 is 9.13 Å². The fourth-order valence-corrected chi connectivity index (χ4v) is 3.69. The fourth-order valence-electron chi connectivity index (χ4n) is 3.02. The molecule has 146 valence electrons. The van der Waals surface area contributed by atoms with Gasteiger partial charge in [0.05, 0.1) is 0 Å². The largest absolute Gasteiger partial charge is 0.474 e. The third-order valence-corrected chi connectivity index (χ3v) is 5.06. The Morgan fingerprint density at radius 3 is 2.46 bits per heavy atom. The molecular formula is C22H24FN3OS. The van der Waals surface area contributed by atoms with Crippen LogP contribution in [-0.2, 0) is 0 Å². The molecule has 0 amide bonds. The molecule has 0 atom stereocenters. The minimum Gasteiger partial charge on any atom is -0.474 e. The topological polar surface area (TPSA) is 38.2 Å². The molecule has 3 aromatic rings. The molecule has 4 nitrogen and oxygen atoms in total. The number of aromatic nitrogens is 2. The van der Waals surface area contributed by atoms with Gasteiger partial charge in [0.2, 0.25) is 5.88 Å². The van der Waals surface area contributed by atoms with E-state index in [1.54, 1.807) is 12.1 Å². The van der Waals surface area contributed by atoms with E-state index < -0.39 is 0 Å². The molecule has 0 fully saturated rings. The van der Waals surface area contributed by atoms with Gasteiger partial charge in [0.15, 0.2) is 5.69 Å². The fraction of sp³-hybridized carbons (Fsp3) is 0.364. The Labute approximate surface area is 169 Å². The number of hydrogen-bond acceptors (Lipinski definition) is 5. The van der Waals surface area contributed by atoms with Gasteiger partial charge in [0.1, 0.15) is 23.5 Å². The smallest absolute Gasteiger partial charge is 0.249 e. The van der Waals surface area contributed by atoms with Crippen LogP contribution in [0.2, 0.25) is 0 Å². The van der Waals surface area contributed by atoms with Crippen molar-refractivity contribution >= 4 is 22.4 Å². The highest BCUT2D eigenvalue weighted by Gasteiger charge is 2.14. The molecule has 0 aliphatic heterocycles. The van der Waals surface area contributed by atoms with Crippen LogP contribution in [0.15, 0.2) is 35.0 Å². The monoisotopic (exact) mass is 397 g/mol. The Morgan fingerprint density at radius 1 is 1.07 bits per heavy atom. The third-order valence-electron chi connectivity index (χ3n) is 4.34. The van der Waals surface area contributed by atoms with Crippen molar-refractivity contribution in [3.05, 3.63) is 52.1 Å². The quantitative estimate of drug-likeness (QED) is 0.564. The van der Waals surface area contributed by atoms with Gasteiger partial charge in [0.25, 0.3) is 0 Å². The van der Waals surface area contributed by atoms with E-state index in [2.05, 4.69) is 54.4 Å². The van der Waals surface area contributed by atoms with E-state index in [0.29, 0.717) is 35.8 Å². The summed E-state index contributed by atoms with van der Waals surface area (Å²) in [7, 11) is 0. The van der Waals surface area contributed by atoms with E-state index in [4.69, 9.17) is 4.74 Å². The first-order valence-corrected chi connectivity index (χ1v) is 10.3. The summed E-state index contributed by atoms with van der Waals surface area (Å²) < 4.78 is 19.4.